The maximum Gasteiger partial charge on any atom is 0.138 e. The van der Waals surface area contributed by atoms with E-state index in [1.54, 1.807) is 6.33 Å². The van der Waals surface area contributed by atoms with Gasteiger partial charge in [-0.3, -0.25) is 4.68 Å². The molecule has 1 aromatic heterocycles. The van der Waals surface area contributed by atoms with Gasteiger partial charge in [-0.2, -0.15) is 5.10 Å². The third-order valence-corrected chi connectivity index (χ3v) is 4.02. The lowest BCUT2D eigenvalue weighted by molar-refractivity contribution is 0.356. The van der Waals surface area contributed by atoms with Crippen LogP contribution in [-0.2, 0) is 13.0 Å². The first-order valence-corrected chi connectivity index (χ1v) is 6.72. The van der Waals surface area contributed by atoms with Crippen molar-refractivity contribution >= 4 is 15.9 Å². The monoisotopic (exact) mass is 271 g/mol. The minimum Gasteiger partial charge on any atom is -0.250 e. The zero-order valence-corrected chi connectivity index (χ0v) is 10.8. The molecule has 4 heteroatoms. The predicted octanol–water partition coefficient (Wildman–Crippen LogP) is 2.79. The van der Waals surface area contributed by atoms with Crippen LogP contribution in [0.25, 0.3) is 0 Å². The van der Waals surface area contributed by atoms with Crippen LogP contribution < -0.4 is 0 Å². The van der Waals surface area contributed by atoms with Gasteiger partial charge in [0.2, 0.25) is 0 Å². The minimum atomic E-state index is 0.717. The highest BCUT2D eigenvalue weighted by Crippen LogP contribution is 2.30. The van der Waals surface area contributed by atoms with Gasteiger partial charge in [0, 0.05) is 17.8 Å². The quantitative estimate of drug-likeness (QED) is 0.792. The van der Waals surface area contributed by atoms with E-state index in [4.69, 9.17) is 0 Å². The molecule has 2 atom stereocenters. The van der Waals surface area contributed by atoms with Crippen molar-refractivity contribution in [3.63, 3.8) is 0 Å². The van der Waals surface area contributed by atoms with Gasteiger partial charge in [0.25, 0.3) is 0 Å². The molecule has 0 radical (unpaired) electrons. The Labute approximate surface area is 99.4 Å². The molecular weight excluding hydrogens is 254 g/mol. The fourth-order valence-corrected chi connectivity index (χ4v) is 3.23. The number of hydrogen-bond acceptors (Lipinski definition) is 2. The highest BCUT2D eigenvalue weighted by atomic mass is 79.9. The van der Waals surface area contributed by atoms with Gasteiger partial charge in [-0.05, 0) is 32.1 Å². The third kappa shape index (κ3) is 2.80. The van der Waals surface area contributed by atoms with Crippen LogP contribution in [0.5, 0.6) is 0 Å². The molecule has 1 aliphatic rings. The van der Waals surface area contributed by atoms with E-state index in [1.807, 2.05) is 4.68 Å². The maximum absolute atomic E-state index is 4.34. The molecule has 2 unspecified atom stereocenters. The van der Waals surface area contributed by atoms with Gasteiger partial charge in [-0.1, -0.05) is 22.4 Å². The summed E-state index contributed by atoms with van der Waals surface area (Å²) in [7, 11) is 0. The van der Waals surface area contributed by atoms with E-state index >= 15 is 0 Å². The fourth-order valence-electron chi connectivity index (χ4n) is 2.38. The smallest absolute Gasteiger partial charge is 0.138 e. The van der Waals surface area contributed by atoms with Gasteiger partial charge in [0.05, 0.1) is 0 Å². The summed E-state index contributed by atoms with van der Waals surface area (Å²) in [5.41, 5.74) is 0. The number of aryl methyl sites for hydroxylation is 1. The molecule has 3 nitrogen and oxygen atoms in total. The molecule has 0 aliphatic heterocycles. The summed E-state index contributed by atoms with van der Waals surface area (Å²) in [4.78, 5) is 5.06. The number of halogens is 1. The Bertz CT molecular complexity index is 311. The standard InChI is InChI=1S/C11H18BrN3/c1-2-15-11(13-8-14-15)7-9-4-3-5-10(12)6-9/h8-10H,2-7H2,1H3. The summed E-state index contributed by atoms with van der Waals surface area (Å²) in [6.45, 7) is 3.05. The second-order valence-electron chi connectivity index (χ2n) is 4.33. The molecule has 1 fully saturated rings. The lowest BCUT2D eigenvalue weighted by atomic mass is 9.87. The Kier molecular flexibility index (Phi) is 3.78. The van der Waals surface area contributed by atoms with Gasteiger partial charge in [0.15, 0.2) is 0 Å². The van der Waals surface area contributed by atoms with Crippen molar-refractivity contribution in [2.24, 2.45) is 5.92 Å². The number of rotatable bonds is 3. The van der Waals surface area contributed by atoms with Crippen LogP contribution in [-0.4, -0.2) is 19.6 Å². The fraction of sp³-hybridized carbons (Fsp3) is 0.818. The van der Waals surface area contributed by atoms with E-state index in [1.165, 1.54) is 25.7 Å². The van der Waals surface area contributed by atoms with Crippen molar-refractivity contribution < 1.29 is 0 Å². The van der Waals surface area contributed by atoms with Crippen LogP contribution in [0.15, 0.2) is 6.33 Å². The SMILES string of the molecule is CCn1ncnc1CC1CCCC(Br)C1. The topological polar surface area (TPSA) is 30.7 Å². The van der Waals surface area contributed by atoms with Crippen molar-refractivity contribution in [2.45, 2.75) is 50.4 Å². The molecule has 15 heavy (non-hydrogen) atoms. The Balaban J connectivity index is 1.96. The van der Waals surface area contributed by atoms with Crippen molar-refractivity contribution in [2.75, 3.05) is 0 Å². The van der Waals surface area contributed by atoms with E-state index < -0.39 is 0 Å². The molecule has 0 spiro atoms. The third-order valence-electron chi connectivity index (χ3n) is 3.19. The molecule has 1 aliphatic carbocycles. The van der Waals surface area contributed by atoms with Gasteiger partial charge in [0.1, 0.15) is 12.2 Å². The summed E-state index contributed by atoms with van der Waals surface area (Å²) < 4.78 is 2.01. The predicted molar refractivity (Wildman–Crippen MR) is 64.1 cm³/mol. The first-order valence-electron chi connectivity index (χ1n) is 5.80. The Hall–Kier alpha value is -0.380. The van der Waals surface area contributed by atoms with Gasteiger partial charge in [-0.25, -0.2) is 4.98 Å². The average Bonchev–Trinajstić information content (AvgIpc) is 2.65. The molecule has 84 valence electrons. The molecule has 1 saturated carbocycles. The second-order valence-corrected chi connectivity index (χ2v) is 5.62. The van der Waals surface area contributed by atoms with Gasteiger partial charge in [-0.15, -0.1) is 0 Å². The van der Waals surface area contributed by atoms with E-state index in [0.717, 1.165) is 24.7 Å². The highest BCUT2D eigenvalue weighted by Gasteiger charge is 2.21. The van der Waals surface area contributed by atoms with Crippen molar-refractivity contribution in [1.82, 2.24) is 14.8 Å². The zero-order chi connectivity index (χ0) is 10.7. The van der Waals surface area contributed by atoms with Crippen molar-refractivity contribution in [3.05, 3.63) is 12.2 Å². The zero-order valence-electron chi connectivity index (χ0n) is 9.19. The number of hydrogen-bond donors (Lipinski definition) is 0. The lowest BCUT2D eigenvalue weighted by Gasteiger charge is -2.25. The van der Waals surface area contributed by atoms with Crippen molar-refractivity contribution in [1.29, 1.82) is 0 Å². The first-order chi connectivity index (χ1) is 7.29. The summed E-state index contributed by atoms with van der Waals surface area (Å²) in [6.07, 6.45) is 8.08. The lowest BCUT2D eigenvalue weighted by Crippen LogP contribution is -2.19. The van der Waals surface area contributed by atoms with E-state index in [-0.39, 0.29) is 0 Å². The number of aromatic nitrogens is 3. The Morgan fingerprint density at radius 2 is 2.40 bits per heavy atom. The molecular formula is C11H18BrN3. The highest BCUT2D eigenvalue weighted by molar-refractivity contribution is 9.09. The van der Waals surface area contributed by atoms with Gasteiger partial charge < -0.3 is 0 Å². The first kappa shape index (κ1) is 11.1. The van der Waals surface area contributed by atoms with Crippen LogP contribution in [0.4, 0.5) is 0 Å². The molecule has 0 saturated heterocycles. The normalized spacial score (nSPS) is 26.8. The average molecular weight is 272 g/mol. The van der Waals surface area contributed by atoms with Gasteiger partial charge >= 0.3 is 0 Å². The van der Waals surface area contributed by atoms with Crippen LogP contribution in [0.3, 0.4) is 0 Å². The minimum absolute atomic E-state index is 0.717. The molecule has 0 bridgehead atoms. The van der Waals surface area contributed by atoms with E-state index in [2.05, 4.69) is 32.9 Å². The number of nitrogens with zero attached hydrogens (tertiary/aromatic N) is 3. The maximum atomic E-state index is 4.34. The van der Waals surface area contributed by atoms with Crippen LogP contribution in [0, 0.1) is 5.92 Å². The van der Waals surface area contributed by atoms with E-state index in [9.17, 15) is 0 Å². The summed E-state index contributed by atoms with van der Waals surface area (Å²) in [6, 6.07) is 0. The molecule has 0 aromatic carbocycles. The Morgan fingerprint density at radius 1 is 1.53 bits per heavy atom. The van der Waals surface area contributed by atoms with Crippen LogP contribution in [0.1, 0.15) is 38.4 Å². The number of alkyl halides is 1. The molecule has 1 heterocycles. The van der Waals surface area contributed by atoms with Crippen LogP contribution >= 0.6 is 15.9 Å². The Morgan fingerprint density at radius 3 is 3.13 bits per heavy atom. The van der Waals surface area contributed by atoms with E-state index in [0.29, 0.717) is 4.83 Å². The molecule has 1 aromatic rings. The molecule has 2 rings (SSSR count). The molecule has 0 amide bonds. The summed E-state index contributed by atoms with van der Waals surface area (Å²) in [5.74, 6) is 1.95. The van der Waals surface area contributed by atoms with Crippen LogP contribution in [0.2, 0.25) is 0 Å². The van der Waals surface area contributed by atoms with Crippen molar-refractivity contribution in [3.8, 4) is 0 Å². The summed E-state index contributed by atoms with van der Waals surface area (Å²) >= 11 is 3.73. The molecule has 0 N–H and O–H groups in total. The summed E-state index contributed by atoms with van der Waals surface area (Å²) in [5, 5.41) is 4.21. The largest absolute Gasteiger partial charge is 0.250 e. The second kappa shape index (κ2) is 5.10.